The molecule has 0 radical (unpaired) electrons. The monoisotopic (exact) mass is 405 g/mol. The Kier molecular flexibility index (Phi) is 5.59. The van der Waals surface area contributed by atoms with E-state index in [2.05, 4.69) is 22.6 Å². The molecule has 0 atom stereocenters. The number of nitrogens with one attached hydrogen (secondary N) is 2. The summed E-state index contributed by atoms with van der Waals surface area (Å²) in [6.45, 7) is 3.56. The predicted molar refractivity (Wildman–Crippen MR) is 119 cm³/mol. The number of carbonyl (C=O) groups excluding carboxylic acids is 2. The van der Waals surface area contributed by atoms with Gasteiger partial charge in [-0.2, -0.15) is 0 Å². The molecule has 0 spiro atoms. The van der Waals surface area contributed by atoms with E-state index < -0.39 is 0 Å². The van der Waals surface area contributed by atoms with E-state index >= 15 is 0 Å². The Morgan fingerprint density at radius 3 is 2.60 bits per heavy atom. The molecule has 2 N–H and O–H groups in total. The molecule has 2 aromatic rings. The smallest absolute Gasteiger partial charge is 0.258 e. The van der Waals surface area contributed by atoms with Crippen molar-refractivity contribution in [2.75, 3.05) is 32.6 Å². The molecule has 0 aliphatic carbocycles. The third-order valence-corrected chi connectivity index (χ3v) is 5.85. The predicted octanol–water partition coefficient (Wildman–Crippen LogP) is 3.40. The molecule has 6 heteroatoms. The summed E-state index contributed by atoms with van der Waals surface area (Å²) in [4.78, 5) is 27.3. The lowest BCUT2D eigenvalue weighted by Crippen LogP contribution is -2.40. The van der Waals surface area contributed by atoms with Crippen molar-refractivity contribution in [1.29, 1.82) is 0 Å². The Hall–Kier alpha value is -3.12. The fourth-order valence-corrected chi connectivity index (χ4v) is 4.07. The Morgan fingerprint density at radius 1 is 1.13 bits per heavy atom. The summed E-state index contributed by atoms with van der Waals surface area (Å²) in [5.74, 6) is 0.540. The van der Waals surface area contributed by atoms with Crippen LogP contribution < -0.4 is 15.4 Å². The summed E-state index contributed by atoms with van der Waals surface area (Å²) in [7, 11) is 3.76. The lowest BCUT2D eigenvalue weighted by molar-refractivity contribution is -0.110. The van der Waals surface area contributed by atoms with Gasteiger partial charge in [-0.25, -0.2) is 0 Å². The molecule has 0 saturated carbocycles. The van der Waals surface area contributed by atoms with Gasteiger partial charge >= 0.3 is 0 Å². The molecule has 30 heavy (non-hydrogen) atoms. The summed E-state index contributed by atoms with van der Waals surface area (Å²) in [5, 5.41) is 6.61. The molecule has 0 bridgehead atoms. The first-order chi connectivity index (χ1) is 14.5. The van der Waals surface area contributed by atoms with Gasteiger partial charge in [0.2, 0.25) is 0 Å². The SMILES string of the molecule is COc1cccc(C(NC2CCN(C)CC2)=C2C(=O)Nc3ccc(C(C)=O)cc32)c1. The zero-order valence-electron chi connectivity index (χ0n) is 17.6. The lowest BCUT2D eigenvalue weighted by Gasteiger charge is -2.31. The number of carbonyl (C=O) groups is 2. The average molecular weight is 405 g/mol. The fourth-order valence-electron chi connectivity index (χ4n) is 4.07. The largest absolute Gasteiger partial charge is 0.497 e. The van der Waals surface area contributed by atoms with Crippen LogP contribution in [0.3, 0.4) is 0 Å². The van der Waals surface area contributed by atoms with E-state index in [1.807, 2.05) is 24.3 Å². The highest BCUT2D eigenvalue weighted by atomic mass is 16.5. The average Bonchev–Trinajstić information content (AvgIpc) is 3.08. The van der Waals surface area contributed by atoms with Gasteiger partial charge in [0.1, 0.15) is 5.75 Å². The van der Waals surface area contributed by atoms with Crippen LogP contribution in [0.4, 0.5) is 5.69 Å². The highest BCUT2D eigenvalue weighted by Gasteiger charge is 2.30. The maximum atomic E-state index is 13.0. The third kappa shape index (κ3) is 3.96. The normalized spacial score (nSPS) is 18.6. The number of likely N-dealkylation sites (tertiary alicyclic amines) is 1. The molecule has 0 unspecified atom stereocenters. The molecule has 156 valence electrons. The highest BCUT2D eigenvalue weighted by Crippen LogP contribution is 2.38. The summed E-state index contributed by atoms with van der Waals surface area (Å²) in [6, 6.07) is 13.3. The van der Waals surface area contributed by atoms with Crippen molar-refractivity contribution in [3.05, 3.63) is 59.2 Å². The number of Topliss-reactive ketones (excluding diaryl/α,β-unsaturated/α-hetero) is 1. The third-order valence-electron chi connectivity index (χ3n) is 5.85. The van der Waals surface area contributed by atoms with E-state index in [0.29, 0.717) is 11.1 Å². The molecule has 2 heterocycles. The lowest BCUT2D eigenvalue weighted by atomic mass is 9.96. The molecule has 2 aliphatic rings. The minimum absolute atomic E-state index is 0.0253. The molecule has 2 aromatic carbocycles. The number of piperidine rings is 1. The van der Waals surface area contributed by atoms with Crippen LogP contribution in [-0.2, 0) is 4.79 Å². The van der Waals surface area contributed by atoms with E-state index in [4.69, 9.17) is 4.74 Å². The number of fused-ring (bicyclic) bond motifs is 1. The maximum Gasteiger partial charge on any atom is 0.258 e. The molecule has 0 aromatic heterocycles. The summed E-state index contributed by atoms with van der Waals surface area (Å²) in [5.41, 5.74) is 4.31. The fraction of sp³-hybridized carbons (Fsp3) is 0.333. The van der Waals surface area contributed by atoms with E-state index in [-0.39, 0.29) is 17.7 Å². The zero-order chi connectivity index (χ0) is 21.3. The van der Waals surface area contributed by atoms with Gasteiger partial charge in [0.25, 0.3) is 5.91 Å². The number of anilines is 1. The van der Waals surface area contributed by atoms with Crippen LogP contribution >= 0.6 is 0 Å². The number of hydrogen-bond donors (Lipinski definition) is 2. The second-order valence-corrected chi connectivity index (χ2v) is 7.97. The summed E-state index contributed by atoms with van der Waals surface area (Å²) < 4.78 is 5.42. The summed E-state index contributed by atoms with van der Waals surface area (Å²) >= 11 is 0. The first-order valence-corrected chi connectivity index (χ1v) is 10.3. The molecule has 2 aliphatic heterocycles. The molecule has 1 amide bonds. The number of rotatable bonds is 5. The number of ketones is 1. The van der Waals surface area contributed by atoms with Crippen LogP contribution in [-0.4, -0.2) is 49.9 Å². The minimum atomic E-state index is -0.163. The number of methoxy groups -OCH3 is 1. The van der Waals surface area contributed by atoms with Crippen molar-refractivity contribution in [3.63, 3.8) is 0 Å². The zero-order valence-corrected chi connectivity index (χ0v) is 17.6. The Labute approximate surface area is 176 Å². The summed E-state index contributed by atoms with van der Waals surface area (Å²) in [6.07, 6.45) is 2.00. The number of nitrogens with zero attached hydrogens (tertiary/aromatic N) is 1. The molecule has 1 fully saturated rings. The maximum absolute atomic E-state index is 13.0. The highest BCUT2D eigenvalue weighted by molar-refractivity contribution is 6.36. The van der Waals surface area contributed by atoms with Crippen molar-refractivity contribution in [2.45, 2.75) is 25.8 Å². The standard InChI is InChI=1S/C24H27N3O3/c1-15(28)16-7-8-21-20(14-16)22(24(29)26-21)23(17-5-4-6-19(13-17)30-3)25-18-9-11-27(2)12-10-18/h4-8,13-14,18,25H,9-12H2,1-3H3,(H,26,29). The Balaban J connectivity index is 1.84. The molecular weight excluding hydrogens is 378 g/mol. The quantitative estimate of drug-likeness (QED) is 0.589. The molecule has 1 saturated heterocycles. The van der Waals surface area contributed by atoms with Crippen LogP contribution in [0.5, 0.6) is 5.75 Å². The van der Waals surface area contributed by atoms with Gasteiger partial charge in [-0.15, -0.1) is 0 Å². The van der Waals surface area contributed by atoms with Gasteiger partial charge < -0.3 is 20.3 Å². The molecule has 4 rings (SSSR count). The minimum Gasteiger partial charge on any atom is -0.497 e. The molecular formula is C24H27N3O3. The van der Waals surface area contributed by atoms with Gasteiger partial charge in [-0.05, 0) is 70.2 Å². The number of ether oxygens (including phenoxy) is 1. The van der Waals surface area contributed by atoms with Crippen molar-refractivity contribution >= 4 is 28.6 Å². The van der Waals surface area contributed by atoms with Gasteiger partial charge in [0, 0.05) is 28.4 Å². The van der Waals surface area contributed by atoms with Crippen LogP contribution in [0.1, 0.15) is 41.3 Å². The van der Waals surface area contributed by atoms with Crippen molar-refractivity contribution in [3.8, 4) is 5.75 Å². The van der Waals surface area contributed by atoms with Crippen LogP contribution in [0, 0.1) is 0 Å². The van der Waals surface area contributed by atoms with E-state index in [1.165, 1.54) is 6.92 Å². The van der Waals surface area contributed by atoms with Gasteiger partial charge in [0.15, 0.2) is 5.78 Å². The van der Waals surface area contributed by atoms with Crippen LogP contribution in [0.15, 0.2) is 42.5 Å². The topological polar surface area (TPSA) is 70.7 Å². The number of amides is 1. The second-order valence-electron chi connectivity index (χ2n) is 7.97. The second kappa shape index (κ2) is 8.32. The molecule has 6 nitrogen and oxygen atoms in total. The van der Waals surface area contributed by atoms with E-state index in [1.54, 1.807) is 25.3 Å². The van der Waals surface area contributed by atoms with Crippen LogP contribution in [0.2, 0.25) is 0 Å². The number of hydrogen-bond acceptors (Lipinski definition) is 5. The van der Waals surface area contributed by atoms with Crippen molar-refractivity contribution in [1.82, 2.24) is 10.2 Å². The van der Waals surface area contributed by atoms with Crippen molar-refractivity contribution in [2.24, 2.45) is 0 Å². The van der Waals surface area contributed by atoms with Crippen molar-refractivity contribution < 1.29 is 14.3 Å². The first-order valence-electron chi connectivity index (χ1n) is 10.3. The number of benzene rings is 2. The van der Waals surface area contributed by atoms with Gasteiger partial charge in [-0.3, -0.25) is 9.59 Å². The van der Waals surface area contributed by atoms with E-state index in [9.17, 15) is 9.59 Å². The van der Waals surface area contributed by atoms with E-state index in [0.717, 1.165) is 54.2 Å². The Bertz CT molecular complexity index is 1020. The van der Waals surface area contributed by atoms with Crippen LogP contribution in [0.25, 0.3) is 11.3 Å². The Morgan fingerprint density at radius 2 is 1.90 bits per heavy atom. The first kappa shape index (κ1) is 20.2. The van der Waals surface area contributed by atoms with Gasteiger partial charge in [-0.1, -0.05) is 12.1 Å². The van der Waals surface area contributed by atoms with Gasteiger partial charge in [0.05, 0.1) is 18.4 Å².